The first-order valence-corrected chi connectivity index (χ1v) is 9.52. The van der Waals surface area contributed by atoms with Gasteiger partial charge >= 0.3 is 0 Å². The number of carbonyl (C=O) groups excluding carboxylic acids is 2. The summed E-state index contributed by atoms with van der Waals surface area (Å²) in [5, 5.41) is 31.8. The highest BCUT2D eigenvalue weighted by atomic mass is 16.7. The smallest absolute Gasteiger partial charge is 0.246 e. The van der Waals surface area contributed by atoms with Gasteiger partial charge in [-0.25, -0.2) is 0 Å². The number of amides is 1. The van der Waals surface area contributed by atoms with Crippen LogP contribution < -0.4 is 5.32 Å². The van der Waals surface area contributed by atoms with Crippen molar-refractivity contribution in [3.8, 4) is 0 Å². The molecule has 0 spiro atoms. The molecule has 1 aromatic rings. The Kier molecular flexibility index (Phi) is 9.15. The zero-order valence-corrected chi connectivity index (χ0v) is 16.6. The number of nitrogens with one attached hydrogen (secondary N) is 1. The maximum absolute atomic E-state index is 12.0. The Balaban J connectivity index is 1.67. The van der Waals surface area contributed by atoms with E-state index in [0.29, 0.717) is 6.42 Å². The lowest BCUT2D eigenvalue weighted by Crippen LogP contribution is -2.57. The molecule has 0 radical (unpaired) electrons. The molecule has 1 fully saturated rings. The van der Waals surface area contributed by atoms with Crippen molar-refractivity contribution in [2.45, 2.75) is 57.0 Å². The summed E-state index contributed by atoms with van der Waals surface area (Å²) in [6.07, 6.45) is -5.36. The number of hydrogen-bond donors (Lipinski definition) is 4. The number of aliphatic hydroxyl groups excluding tert-OH is 3. The number of ether oxygens (including phenoxy) is 3. The van der Waals surface area contributed by atoms with Crippen molar-refractivity contribution in [1.29, 1.82) is 0 Å². The Labute approximate surface area is 169 Å². The van der Waals surface area contributed by atoms with Gasteiger partial charge in [0, 0.05) is 0 Å². The van der Waals surface area contributed by atoms with Gasteiger partial charge in [-0.1, -0.05) is 30.3 Å². The normalized spacial score (nSPS) is 28.0. The van der Waals surface area contributed by atoms with Crippen molar-refractivity contribution in [3.63, 3.8) is 0 Å². The lowest BCUT2D eigenvalue weighted by Gasteiger charge is -2.38. The average molecular weight is 411 g/mol. The van der Waals surface area contributed by atoms with Crippen LogP contribution in [0.15, 0.2) is 30.3 Å². The third-order valence-corrected chi connectivity index (χ3v) is 4.66. The zero-order valence-electron chi connectivity index (χ0n) is 16.6. The van der Waals surface area contributed by atoms with Crippen molar-refractivity contribution in [2.24, 2.45) is 0 Å². The highest BCUT2D eigenvalue weighted by Crippen LogP contribution is 2.21. The minimum absolute atomic E-state index is 0.00466. The van der Waals surface area contributed by atoms with E-state index in [1.165, 1.54) is 6.92 Å². The summed E-state index contributed by atoms with van der Waals surface area (Å²) in [5.41, 5.74) is 0.940. The van der Waals surface area contributed by atoms with Gasteiger partial charge in [0.1, 0.15) is 24.9 Å². The molecule has 0 aromatic heterocycles. The molecule has 0 aliphatic carbocycles. The number of hydrogen-bond acceptors (Lipinski definition) is 8. The van der Waals surface area contributed by atoms with Crippen LogP contribution in [0.25, 0.3) is 0 Å². The lowest BCUT2D eigenvalue weighted by atomic mass is 10.0. The molecular formula is C20H29NO8. The molecule has 1 aliphatic rings. The van der Waals surface area contributed by atoms with Crippen molar-refractivity contribution in [1.82, 2.24) is 5.32 Å². The predicted molar refractivity (Wildman–Crippen MR) is 102 cm³/mol. The van der Waals surface area contributed by atoms with E-state index >= 15 is 0 Å². The van der Waals surface area contributed by atoms with Gasteiger partial charge in [0.2, 0.25) is 5.91 Å². The molecule has 6 atom stereocenters. The van der Waals surface area contributed by atoms with Crippen molar-refractivity contribution in [3.05, 3.63) is 35.9 Å². The van der Waals surface area contributed by atoms with Gasteiger partial charge in [0.25, 0.3) is 0 Å². The van der Waals surface area contributed by atoms with Crippen LogP contribution in [0, 0.1) is 0 Å². The molecule has 162 valence electrons. The van der Waals surface area contributed by atoms with E-state index in [0.717, 1.165) is 5.56 Å². The second-order valence-electron chi connectivity index (χ2n) is 7.03. The maximum Gasteiger partial charge on any atom is 0.246 e. The molecule has 1 saturated heterocycles. The van der Waals surface area contributed by atoms with Crippen LogP contribution in [0.5, 0.6) is 0 Å². The molecule has 0 bridgehead atoms. The summed E-state index contributed by atoms with van der Waals surface area (Å²) in [4.78, 5) is 23.8. The molecule has 1 heterocycles. The topological polar surface area (TPSA) is 135 Å². The van der Waals surface area contributed by atoms with Crippen molar-refractivity contribution < 1.29 is 39.1 Å². The number of rotatable bonds is 10. The van der Waals surface area contributed by atoms with Gasteiger partial charge in [-0.05, 0) is 25.8 Å². The molecule has 4 N–H and O–H groups in total. The van der Waals surface area contributed by atoms with Crippen LogP contribution in [0.1, 0.15) is 19.4 Å². The third kappa shape index (κ3) is 7.14. The second-order valence-corrected chi connectivity index (χ2v) is 7.03. The number of carbonyl (C=O) groups is 2. The van der Waals surface area contributed by atoms with Gasteiger partial charge in [-0.3, -0.25) is 9.59 Å². The summed E-state index contributed by atoms with van der Waals surface area (Å²) < 4.78 is 15.8. The maximum atomic E-state index is 12.0. The Morgan fingerprint density at radius 2 is 1.79 bits per heavy atom. The fourth-order valence-electron chi connectivity index (χ4n) is 2.92. The summed E-state index contributed by atoms with van der Waals surface area (Å²) in [6.45, 7) is 2.76. The van der Waals surface area contributed by atoms with Gasteiger partial charge in [-0.2, -0.15) is 0 Å². The largest absolute Gasteiger partial charge is 0.388 e. The van der Waals surface area contributed by atoms with Crippen LogP contribution in [-0.4, -0.2) is 83.6 Å². The second kappa shape index (κ2) is 11.3. The summed E-state index contributed by atoms with van der Waals surface area (Å²) in [7, 11) is 0. The fourth-order valence-corrected chi connectivity index (χ4v) is 2.92. The molecule has 1 aliphatic heterocycles. The molecule has 9 nitrogen and oxygen atoms in total. The Morgan fingerprint density at radius 3 is 2.45 bits per heavy atom. The van der Waals surface area contributed by atoms with Crippen molar-refractivity contribution in [2.75, 3.05) is 19.8 Å². The summed E-state index contributed by atoms with van der Waals surface area (Å²) >= 11 is 0. The molecule has 29 heavy (non-hydrogen) atoms. The Hall–Kier alpha value is -1.88. The number of Topliss-reactive ketones (excluding diaryl/α,β-unsaturated/α-hetero) is 1. The number of aliphatic hydroxyl groups is 3. The molecule has 9 heteroatoms. The minimum atomic E-state index is -1.39. The third-order valence-electron chi connectivity index (χ3n) is 4.66. The van der Waals surface area contributed by atoms with Gasteiger partial charge in [0.15, 0.2) is 12.1 Å². The summed E-state index contributed by atoms with van der Waals surface area (Å²) in [6, 6.07) is 8.74. The highest BCUT2D eigenvalue weighted by Gasteiger charge is 2.42. The van der Waals surface area contributed by atoms with Crippen LogP contribution >= 0.6 is 0 Å². The molecule has 2 rings (SSSR count). The predicted octanol–water partition coefficient (Wildman–Crippen LogP) is -0.836. The quantitative estimate of drug-likeness (QED) is 0.366. The number of ketones is 1. The van der Waals surface area contributed by atoms with E-state index in [1.54, 1.807) is 6.92 Å². The van der Waals surface area contributed by atoms with E-state index in [4.69, 9.17) is 14.2 Å². The molecule has 0 unspecified atom stereocenters. The molecule has 0 saturated carbocycles. The summed E-state index contributed by atoms with van der Waals surface area (Å²) in [5.74, 6) is -0.578. The Bertz CT molecular complexity index is 655. The van der Waals surface area contributed by atoms with Crippen LogP contribution in [0.4, 0.5) is 0 Å². The SMILES string of the molecule is CC(=O)[C@H](Cc1ccccc1)NC(=O)COCCO[C@@H]1O[C@H](C)[C@@H](O)[C@H](O)[C@H]1O. The first-order valence-electron chi connectivity index (χ1n) is 9.52. The standard InChI is InChI=1S/C20H29NO8/c1-12(22)15(10-14-6-4-3-5-7-14)21-16(23)11-27-8-9-28-20-19(26)18(25)17(24)13(2)29-20/h3-7,13,15,17-20,24-26H,8-11H2,1-2H3,(H,21,23)/t13-,15+,17-,18+,19-,20-/m1/s1. The Morgan fingerprint density at radius 1 is 1.10 bits per heavy atom. The number of benzene rings is 1. The van der Waals surface area contributed by atoms with Gasteiger partial charge in [0.05, 0.1) is 25.4 Å². The van der Waals surface area contributed by atoms with Crippen molar-refractivity contribution >= 4 is 11.7 Å². The average Bonchev–Trinajstić information content (AvgIpc) is 2.70. The van der Waals surface area contributed by atoms with Crippen LogP contribution in [0.2, 0.25) is 0 Å². The van der Waals surface area contributed by atoms with Crippen LogP contribution in [0.3, 0.4) is 0 Å². The first-order chi connectivity index (χ1) is 13.8. The fraction of sp³-hybridized carbons (Fsp3) is 0.600. The van der Waals surface area contributed by atoms with Crippen LogP contribution in [-0.2, 0) is 30.2 Å². The van der Waals surface area contributed by atoms with E-state index in [1.807, 2.05) is 30.3 Å². The molecular weight excluding hydrogens is 382 g/mol. The highest BCUT2D eigenvalue weighted by molar-refractivity contribution is 5.88. The molecule has 1 aromatic carbocycles. The lowest BCUT2D eigenvalue weighted by molar-refractivity contribution is -0.294. The van der Waals surface area contributed by atoms with Gasteiger partial charge < -0.3 is 34.8 Å². The minimum Gasteiger partial charge on any atom is -0.388 e. The first kappa shape index (κ1) is 23.4. The van der Waals surface area contributed by atoms with E-state index in [-0.39, 0.29) is 25.6 Å². The van der Waals surface area contributed by atoms with E-state index in [2.05, 4.69) is 5.32 Å². The zero-order chi connectivity index (χ0) is 21.4. The monoisotopic (exact) mass is 411 g/mol. The van der Waals surface area contributed by atoms with E-state index in [9.17, 15) is 24.9 Å². The van der Waals surface area contributed by atoms with E-state index < -0.39 is 42.7 Å². The van der Waals surface area contributed by atoms with Gasteiger partial charge in [-0.15, -0.1) is 0 Å². The molecule has 1 amide bonds.